The number of aromatic amines is 1. The van der Waals surface area contributed by atoms with Crippen LogP contribution in [0.15, 0.2) is 27.7 Å². The van der Waals surface area contributed by atoms with E-state index in [2.05, 4.69) is 0 Å². The normalized spacial score (nSPS) is 13.7. The smallest absolute Gasteiger partial charge is 0.361 e. The van der Waals surface area contributed by atoms with E-state index < -0.39 is 31.6 Å². The quantitative estimate of drug-likeness (QED) is 0.475. The van der Waals surface area contributed by atoms with Crippen LogP contribution in [0.2, 0.25) is 0 Å². The van der Waals surface area contributed by atoms with E-state index in [1.165, 1.54) is 6.92 Å². The summed E-state index contributed by atoms with van der Waals surface area (Å²) in [6.45, 7) is 1.05. The van der Waals surface area contributed by atoms with Crippen LogP contribution in [0, 0.1) is 6.92 Å². The fourth-order valence-electron chi connectivity index (χ4n) is 1.06. The van der Waals surface area contributed by atoms with Gasteiger partial charge in [-0.1, -0.05) is 0 Å². The SMILES string of the molecule is Cc1cn(OCC(O)/C=C/P(=O)(O)O)c(=O)[nH]c1=O. The van der Waals surface area contributed by atoms with E-state index in [9.17, 15) is 19.3 Å². The van der Waals surface area contributed by atoms with E-state index in [0.29, 0.717) is 10.5 Å². The van der Waals surface area contributed by atoms with Gasteiger partial charge in [0.2, 0.25) is 0 Å². The van der Waals surface area contributed by atoms with Crippen molar-refractivity contribution in [3.05, 3.63) is 44.5 Å². The molecule has 0 saturated heterocycles. The molecule has 0 radical (unpaired) electrons. The molecule has 9 nitrogen and oxygen atoms in total. The topological polar surface area (TPSA) is 142 Å². The summed E-state index contributed by atoms with van der Waals surface area (Å²) < 4.78 is 11.2. The Labute approximate surface area is 106 Å². The third-order valence-electron chi connectivity index (χ3n) is 1.98. The van der Waals surface area contributed by atoms with Gasteiger partial charge in [-0.3, -0.25) is 14.3 Å². The third kappa shape index (κ3) is 5.23. The summed E-state index contributed by atoms with van der Waals surface area (Å²) in [5, 5.41) is 9.35. The summed E-state index contributed by atoms with van der Waals surface area (Å²) in [5.41, 5.74) is -1.13. The van der Waals surface area contributed by atoms with Crippen molar-refractivity contribution in [2.45, 2.75) is 13.0 Å². The van der Waals surface area contributed by atoms with Crippen LogP contribution in [-0.2, 0) is 4.57 Å². The van der Waals surface area contributed by atoms with Gasteiger partial charge >= 0.3 is 13.3 Å². The van der Waals surface area contributed by atoms with Gasteiger partial charge < -0.3 is 19.7 Å². The summed E-state index contributed by atoms with van der Waals surface area (Å²) in [4.78, 5) is 46.3. The first kappa shape index (κ1) is 15.4. The fourth-order valence-corrected chi connectivity index (χ4v) is 1.49. The first-order valence-electron chi connectivity index (χ1n) is 5.07. The maximum absolute atomic E-state index is 11.3. The lowest BCUT2D eigenvalue weighted by Gasteiger charge is -2.10. The van der Waals surface area contributed by atoms with Crippen LogP contribution in [0.25, 0.3) is 0 Å². The number of aliphatic hydroxyl groups is 1. The lowest BCUT2D eigenvalue weighted by atomic mass is 10.4. The van der Waals surface area contributed by atoms with Crippen molar-refractivity contribution >= 4 is 7.60 Å². The molecule has 0 amide bonds. The van der Waals surface area contributed by atoms with Gasteiger partial charge in [0.15, 0.2) is 0 Å². The highest BCUT2D eigenvalue weighted by atomic mass is 31.2. The van der Waals surface area contributed by atoms with Crippen LogP contribution in [0.1, 0.15) is 5.56 Å². The van der Waals surface area contributed by atoms with Crippen LogP contribution < -0.4 is 16.1 Å². The number of nitrogens with zero attached hydrogens (tertiary/aromatic N) is 1. The summed E-state index contributed by atoms with van der Waals surface area (Å²) in [7, 11) is -4.35. The van der Waals surface area contributed by atoms with Crippen LogP contribution >= 0.6 is 7.60 Å². The fraction of sp³-hybridized carbons (Fsp3) is 0.333. The number of H-pyrrole nitrogens is 1. The predicted molar refractivity (Wildman–Crippen MR) is 64.7 cm³/mol. The number of aliphatic hydroxyl groups excluding tert-OH is 1. The highest BCUT2D eigenvalue weighted by Gasteiger charge is 2.09. The number of hydrogen-bond donors (Lipinski definition) is 4. The van der Waals surface area contributed by atoms with Crippen LogP contribution in [0.4, 0.5) is 0 Å². The monoisotopic (exact) mass is 292 g/mol. The maximum atomic E-state index is 11.3. The van der Waals surface area contributed by atoms with Crippen molar-refractivity contribution < 1.29 is 24.3 Å². The minimum Gasteiger partial charge on any atom is -0.406 e. The van der Waals surface area contributed by atoms with Gasteiger partial charge in [0.05, 0.1) is 6.20 Å². The van der Waals surface area contributed by atoms with Crippen LogP contribution in [0.5, 0.6) is 0 Å². The third-order valence-corrected chi connectivity index (χ3v) is 2.54. The van der Waals surface area contributed by atoms with Crippen LogP contribution in [0.3, 0.4) is 0 Å². The largest absolute Gasteiger partial charge is 0.406 e. The molecule has 0 aromatic carbocycles. The van der Waals surface area contributed by atoms with E-state index in [4.69, 9.17) is 14.6 Å². The van der Waals surface area contributed by atoms with Gasteiger partial charge in [0, 0.05) is 11.4 Å². The van der Waals surface area contributed by atoms with Gasteiger partial charge in [0.25, 0.3) is 5.56 Å². The number of hydrogen-bond acceptors (Lipinski definition) is 5. The first-order chi connectivity index (χ1) is 8.69. The summed E-state index contributed by atoms with van der Waals surface area (Å²) >= 11 is 0. The Morgan fingerprint density at radius 2 is 2.16 bits per heavy atom. The van der Waals surface area contributed by atoms with E-state index >= 15 is 0 Å². The summed E-state index contributed by atoms with van der Waals surface area (Å²) in [6, 6.07) is 0. The van der Waals surface area contributed by atoms with Gasteiger partial charge in [-0.05, 0) is 13.0 Å². The molecule has 0 spiro atoms. The Morgan fingerprint density at radius 1 is 1.53 bits per heavy atom. The Hall–Kier alpha value is -1.67. The zero-order valence-electron chi connectivity index (χ0n) is 9.89. The Bertz CT molecular complexity index is 626. The highest BCUT2D eigenvalue weighted by Crippen LogP contribution is 2.35. The second-order valence-electron chi connectivity index (χ2n) is 3.69. The van der Waals surface area contributed by atoms with Crippen molar-refractivity contribution in [1.29, 1.82) is 0 Å². The molecule has 0 aliphatic heterocycles. The zero-order chi connectivity index (χ0) is 14.6. The molecule has 106 valence electrons. The summed E-state index contributed by atoms with van der Waals surface area (Å²) in [5.74, 6) is 0.530. The molecule has 0 fully saturated rings. The molecule has 1 aromatic rings. The van der Waals surface area contributed by atoms with Crippen LogP contribution in [-0.4, -0.2) is 37.3 Å². The average molecular weight is 292 g/mol. The molecule has 0 saturated carbocycles. The second-order valence-corrected chi connectivity index (χ2v) is 5.17. The minimum atomic E-state index is -4.35. The molecule has 4 N–H and O–H groups in total. The van der Waals surface area contributed by atoms with Gasteiger partial charge in [-0.15, -0.1) is 4.73 Å². The van der Waals surface area contributed by atoms with E-state index in [1.807, 2.05) is 4.98 Å². The van der Waals surface area contributed by atoms with Crippen molar-refractivity contribution in [2.24, 2.45) is 0 Å². The van der Waals surface area contributed by atoms with Crippen molar-refractivity contribution in [2.75, 3.05) is 6.61 Å². The van der Waals surface area contributed by atoms with Crippen molar-refractivity contribution in [3.8, 4) is 0 Å². The molecular formula is C9H13N2O7P. The van der Waals surface area contributed by atoms with Crippen molar-refractivity contribution in [1.82, 2.24) is 9.71 Å². The molecule has 0 aliphatic rings. The van der Waals surface area contributed by atoms with Crippen molar-refractivity contribution in [3.63, 3.8) is 0 Å². The molecule has 10 heteroatoms. The molecule has 1 atom stereocenters. The Kier molecular flexibility index (Phi) is 4.84. The van der Waals surface area contributed by atoms with Gasteiger partial charge in [-0.2, -0.15) is 0 Å². The van der Waals surface area contributed by atoms with Gasteiger partial charge in [0.1, 0.15) is 12.7 Å². The molecule has 19 heavy (non-hydrogen) atoms. The molecule has 1 unspecified atom stereocenters. The maximum Gasteiger partial charge on any atom is 0.361 e. The minimum absolute atomic E-state index is 0.236. The predicted octanol–water partition coefficient (Wildman–Crippen LogP) is -1.67. The Morgan fingerprint density at radius 3 is 2.74 bits per heavy atom. The summed E-state index contributed by atoms with van der Waals surface area (Å²) in [6.07, 6.45) is 0.678. The highest BCUT2D eigenvalue weighted by molar-refractivity contribution is 7.55. The molecule has 1 rings (SSSR count). The molecule has 1 aromatic heterocycles. The average Bonchev–Trinajstić information content (AvgIpc) is 2.28. The van der Waals surface area contributed by atoms with E-state index in [-0.39, 0.29) is 5.56 Å². The number of aryl methyl sites for hydroxylation is 1. The first-order valence-corrected chi connectivity index (χ1v) is 6.76. The Balaban J connectivity index is 2.70. The number of aromatic nitrogens is 2. The lowest BCUT2D eigenvalue weighted by Crippen LogP contribution is -2.36. The standard InChI is InChI=1S/C9H13N2O7P/c1-6-4-11(9(14)10-8(6)13)18-5-7(12)2-3-19(15,16)17/h2-4,7,12H,5H2,1H3,(H,10,13,14)(H2,15,16,17)/b3-2+. The molecule has 0 aliphatic carbocycles. The second kappa shape index (κ2) is 5.98. The number of nitrogens with one attached hydrogen (secondary N) is 1. The molecule has 1 heterocycles. The van der Waals surface area contributed by atoms with E-state index in [0.717, 1.165) is 12.3 Å². The van der Waals surface area contributed by atoms with Gasteiger partial charge in [-0.25, -0.2) is 4.79 Å². The number of rotatable bonds is 5. The molecule has 0 bridgehead atoms. The van der Waals surface area contributed by atoms with E-state index in [1.54, 1.807) is 0 Å². The molecular weight excluding hydrogens is 279 g/mol. The lowest BCUT2D eigenvalue weighted by molar-refractivity contribution is 0.0393. The zero-order valence-corrected chi connectivity index (χ0v) is 10.8.